The molecule has 0 unspecified atom stereocenters. The van der Waals surface area contributed by atoms with Crippen LogP contribution in [0.3, 0.4) is 0 Å². The highest BCUT2D eigenvalue weighted by atomic mass is 19.1. The van der Waals surface area contributed by atoms with Gasteiger partial charge < -0.3 is 10.1 Å². The van der Waals surface area contributed by atoms with Gasteiger partial charge in [0.25, 0.3) is 5.91 Å². The van der Waals surface area contributed by atoms with Crippen molar-refractivity contribution >= 4 is 5.91 Å². The Labute approximate surface area is 147 Å². The minimum atomic E-state index is -0.277. The van der Waals surface area contributed by atoms with Gasteiger partial charge in [0.1, 0.15) is 5.82 Å². The molecule has 1 saturated heterocycles. The van der Waals surface area contributed by atoms with Crippen molar-refractivity contribution in [2.24, 2.45) is 5.92 Å². The van der Waals surface area contributed by atoms with Crippen LogP contribution in [-0.2, 0) is 4.74 Å². The number of halogens is 1. The van der Waals surface area contributed by atoms with Crippen LogP contribution in [0.1, 0.15) is 34.3 Å². The van der Waals surface area contributed by atoms with E-state index < -0.39 is 0 Å². The first-order valence-electron chi connectivity index (χ1n) is 8.44. The van der Waals surface area contributed by atoms with Crippen molar-refractivity contribution in [3.05, 3.63) is 71.0 Å². The van der Waals surface area contributed by atoms with Crippen molar-refractivity contribution in [1.82, 2.24) is 5.32 Å². The predicted molar refractivity (Wildman–Crippen MR) is 94.7 cm³/mol. The molecule has 0 spiro atoms. The van der Waals surface area contributed by atoms with E-state index in [1.54, 1.807) is 24.3 Å². The summed E-state index contributed by atoms with van der Waals surface area (Å²) in [6.07, 6.45) is 2.15. The van der Waals surface area contributed by atoms with Gasteiger partial charge in [-0.3, -0.25) is 4.79 Å². The quantitative estimate of drug-likeness (QED) is 0.872. The van der Waals surface area contributed by atoms with Gasteiger partial charge in [-0.1, -0.05) is 11.8 Å². The van der Waals surface area contributed by atoms with Crippen molar-refractivity contribution in [2.45, 2.75) is 12.8 Å². The number of rotatable bonds is 3. The molecule has 0 radical (unpaired) electrons. The molecule has 4 heteroatoms. The Balaban J connectivity index is 1.56. The topological polar surface area (TPSA) is 38.3 Å². The fourth-order valence-electron chi connectivity index (χ4n) is 2.69. The normalized spacial score (nSPS) is 16.6. The summed E-state index contributed by atoms with van der Waals surface area (Å²) in [6.45, 7) is 2.19. The van der Waals surface area contributed by atoms with E-state index in [2.05, 4.69) is 17.2 Å². The number of carbonyl (C=O) groups excluding carboxylic acids is 1. The van der Waals surface area contributed by atoms with Gasteiger partial charge >= 0.3 is 0 Å². The molecule has 1 aliphatic heterocycles. The number of carbonyl (C=O) groups is 1. The van der Waals surface area contributed by atoms with Crippen LogP contribution >= 0.6 is 0 Å². The molecule has 1 atom stereocenters. The third-order valence-corrected chi connectivity index (χ3v) is 4.15. The highest BCUT2D eigenvalue weighted by Crippen LogP contribution is 2.12. The zero-order valence-electron chi connectivity index (χ0n) is 13.9. The molecular weight excluding hydrogens is 317 g/mol. The largest absolute Gasteiger partial charge is 0.381 e. The Kier molecular flexibility index (Phi) is 5.81. The minimum Gasteiger partial charge on any atom is -0.381 e. The molecular formula is C21H20FNO2. The predicted octanol–water partition coefficient (Wildman–Crippen LogP) is 3.38. The second kappa shape index (κ2) is 8.46. The summed E-state index contributed by atoms with van der Waals surface area (Å²) >= 11 is 0. The number of nitrogens with one attached hydrogen (secondary N) is 1. The molecule has 1 N–H and O–H groups in total. The zero-order chi connectivity index (χ0) is 17.5. The average Bonchev–Trinajstić information content (AvgIpc) is 2.67. The molecule has 2 aromatic carbocycles. The van der Waals surface area contributed by atoms with Crippen LogP contribution in [0.2, 0.25) is 0 Å². The van der Waals surface area contributed by atoms with E-state index in [0.717, 1.165) is 37.2 Å². The standard InChI is InChI=1S/C21H20FNO2/c22-20-11-7-17(8-12-20)4-3-16-5-9-19(10-6-16)21(24)23-14-18-2-1-13-25-15-18/h5-12,18H,1-2,13-15H2,(H,23,24)/t18-/m1/s1. The Morgan fingerprint density at radius 3 is 2.32 bits per heavy atom. The molecule has 25 heavy (non-hydrogen) atoms. The Bertz CT molecular complexity index is 766. The smallest absolute Gasteiger partial charge is 0.251 e. The fourth-order valence-corrected chi connectivity index (χ4v) is 2.69. The van der Waals surface area contributed by atoms with E-state index >= 15 is 0 Å². The van der Waals surface area contributed by atoms with Gasteiger partial charge in [0.15, 0.2) is 0 Å². The first kappa shape index (κ1) is 17.2. The molecule has 1 amide bonds. The first-order valence-corrected chi connectivity index (χ1v) is 8.44. The van der Waals surface area contributed by atoms with Crippen LogP contribution in [0.5, 0.6) is 0 Å². The number of benzene rings is 2. The first-order chi connectivity index (χ1) is 12.2. The number of hydrogen-bond donors (Lipinski definition) is 1. The van der Waals surface area contributed by atoms with Crippen LogP contribution in [0.25, 0.3) is 0 Å². The van der Waals surface area contributed by atoms with Crippen molar-refractivity contribution < 1.29 is 13.9 Å². The Morgan fingerprint density at radius 2 is 1.72 bits per heavy atom. The zero-order valence-corrected chi connectivity index (χ0v) is 13.9. The third-order valence-electron chi connectivity index (χ3n) is 4.15. The van der Waals surface area contributed by atoms with E-state index in [4.69, 9.17) is 4.74 Å². The van der Waals surface area contributed by atoms with E-state index in [1.165, 1.54) is 12.1 Å². The van der Waals surface area contributed by atoms with Gasteiger partial charge in [-0.2, -0.15) is 0 Å². The molecule has 0 saturated carbocycles. The summed E-state index contributed by atoms with van der Waals surface area (Å²) < 4.78 is 18.3. The molecule has 1 aliphatic rings. The van der Waals surface area contributed by atoms with Crippen LogP contribution in [0.4, 0.5) is 4.39 Å². The van der Waals surface area contributed by atoms with Gasteiger partial charge in [-0.25, -0.2) is 4.39 Å². The second-order valence-corrected chi connectivity index (χ2v) is 6.13. The monoisotopic (exact) mass is 337 g/mol. The molecule has 3 nitrogen and oxygen atoms in total. The van der Waals surface area contributed by atoms with Crippen molar-refractivity contribution in [2.75, 3.05) is 19.8 Å². The van der Waals surface area contributed by atoms with Gasteiger partial charge in [-0.15, -0.1) is 0 Å². The SMILES string of the molecule is O=C(NC[C@H]1CCCOC1)c1ccc(C#Cc2ccc(F)cc2)cc1. The second-order valence-electron chi connectivity index (χ2n) is 6.13. The van der Waals surface area contributed by atoms with Gasteiger partial charge in [0, 0.05) is 29.8 Å². The lowest BCUT2D eigenvalue weighted by atomic mass is 10.0. The van der Waals surface area contributed by atoms with E-state index in [1.807, 2.05) is 12.1 Å². The van der Waals surface area contributed by atoms with Crippen LogP contribution in [0, 0.1) is 23.6 Å². The number of amides is 1. The highest BCUT2D eigenvalue weighted by molar-refractivity contribution is 5.94. The van der Waals surface area contributed by atoms with Gasteiger partial charge in [0.2, 0.25) is 0 Å². The molecule has 0 bridgehead atoms. The summed E-state index contributed by atoms with van der Waals surface area (Å²) in [5.74, 6) is 6.03. The van der Waals surface area contributed by atoms with E-state index in [9.17, 15) is 9.18 Å². The lowest BCUT2D eigenvalue weighted by Crippen LogP contribution is -2.33. The summed E-state index contributed by atoms with van der Waals surface area (Å²) in [6, 6.07) is 13.2. The van der Waals surface area contributed by atoms with Crippen LogP contribution < -0.4 is 5.32 Å². The Hall–Kier alpha value is -2.64. The maximum Gasteiger partial charge on any atom is 0.251 e. The molecule has 0 aliphatic carbocycles. The average molecular weight is 337 g/mol. The summed E-state index contributed by atoms with van der Waals surface area (Å²) in [5, 5.41) is 2.96. The van der Waals surface area contributed by atoms with E-state index in [0.29, 0.717) is 18.0 Å². The highest BCUT2D eigenvalue weighted by Gasteiger charge is 2.15. The molecule has 128 valence electrons. The molecule has 1 fully saturated rings. The van der Waals surface area contributed by atoms with Crippen LogP contribution in [0.15, 0.2) is 48.5 Å². The van der Waals surface area contributed by atoms with Gasteiger partial charge in [0.05, 0.1) is 6.61 Å². The Morgan fingerprint density at radius 1 is 1.08 bits per heavy atom. The van der Waals surface area contributed by atoms with Crippen molar-refractivity contribution in [3.8, 4) is 11.8 Å². The summed E-state index contributed by atoms with van der Waals surface area (Å²) in [5.41, 5.74) is 2.17. The maximum absolute atomic E-state index is 12.9. The molecule has 2 aromatic rings. The number of ether oxygens (including phenoxy) is 1. The molecule has 0 aromatic heterocycles. The third kappa shape index (κ3) is 5.17. The van der Waals surface area contributed by atoms with Crippen molar-refractivity contribution in [1.29, 1.82) is 0 Å². The van der Waals surface area contributed by atoms with Gasteiger partial charge in [-0.05, 0) is 67.3 Å². The number of hydrogen-bond acceptors (Lipinski definition) is 2. The summed E-state index contributed by atoms with van der Waals surface area (Å²) in [4.78, 5) is 12.2. The van der Waals surface area contributed by atoms with Crippen molar-refractivity contribution in [3.63, 3.8) is 0 Å². The molecule has 3 rings (SSSR count). The minimum absolute atomic E-state index is 0.0800. The van der Waals surface area contributed by atoms with E-state index in [-0.39, 0.29) is 11.7 Å². The fraction of sp³-hybridized carbons (Fsp3) is 0.286. The lowest BCUT2D eigenvalue weighted by Gasteiger charge is -2.22. The van der Waals surface area contributed by atoms with Crippen LogP contribution in [-0.4, -0.2) is 25.7 Å². The lowest BCUT2D eigenvalue weighted by molar-refractivity contribution is 0.0536. The summed E-state index contributed by atoms with van der Waals surface area (Å²) in [7, 11) is 0. The molecule has 1 heterocycles. The maximum atomic E-state index is 12.9.